The van der Waals surface area contributed by atoms with E-state index in [4.69, 9.17) is 14.2 Å². The third-order valence-electron chi connectivity index (χ3n) is 4.19. The van der Waals surface area contributed by atoms with Crippen LogP contribution in [0.5, 0.6) is 5.75 Å². The smallest absolute Gasteiger partial charge is 0.344 e. The van der Waals surface area contributed by atoms with E-state index in [-0.39, 0.29) is 13.2 Å². The Bertz CT molecular complexity index is 908. The summed E-state index contributed by atoms with van der Waals surface area (Å²) in [6.07, 6.45) is 2.65. The number of thiophene rings is 1. The van der Waals surface area contributed by atoms with Crippen LogP contribution in [0.25, 0.3) is 0 Å². The molecule has 0 saturated carbocycles. The van der Waals surface area contributed by atoms with Crippen LogP contribution < -0.4 is 10.1 Å². The number of amides is 1. The highest BCUT2D eigenvalue weighted by Crippen LogP contribution is 2.39. The maximum Gasteiger partial charge on any atom is 0.344 e. The van der Waals surface area contributed by atoms with Crippen LogP contribution in [0.2, 0.25) is 0 Å². The molecule has 9 heteroatoms. The normalized spacial score (nSPS) is 12.2. The van der Waals surface area contributed by atoms with Gasteiger partial charge in [-0.05, 0) is 56.0 Å². The predicted octanol–water partition coefficient (Wildman–Crippen LogP) is 3.74. The predicted molar refractivity (Wildman–Crippen MR) is 112 cm³/mol. The lowest BCUT2D eigenvalue weighted by Crippen LogP contribution is -2.24. The van der Waals surface area contributed by atoms with Crippen LogP contribution in [0.4, 0.5) is 5.00 Å². The third kappa shape index (κ3) is 5.57. The minimum atomic E-state index is -0.664. The van der Waals surface area contributed by atoms with Crippen molar-refractivity contribution in [1.29, 1.82) is 0 Å². The zero-order valence-electron chi connectivity index (χ0n) is 15.8. The summed E-state index contributed by atoms with van der Waals surface area (Å²) in [5, 5.41) is 3.11. The van der Waals surface area contributed by atoms with Crippen molar-refractivity contribution >= 4 is 50.1 Å². The molecule has 1 aromatic carbocycles. The molecule has 1 heterocycles. The Hall–Kier alpha value is -2.39. The van der Waals surface area contributed by atoms with Crippen LogP contribution in [0.1, 0.15) is 34.1 Å². The Morgan fingerprint density at radius 2 is 1.86 bits per heavy atom. The monoisotopic (exact) mass is 481 g/mol. The summed E-state index contributed by atoms with van der Waals surface area (Å²) in [7, 11) is 0. The Balaban J connectivity index is 1.52. The van der Waals surface area contributed by atoms with Crippen LogP contribution in [-0.2, 0) is 31.9 Å². The fraction of sp³-hybridized carbons (Fsp3) is 0.350. The SMILES string of the molecule is CCOC(=O)c1c(NC(=O)COC(=O)COc2ccc(Br)cc2)sc2c1CCC2. The van der Waals surface area contributed by atoms with Crippen molar-refractivity contribution in [3.8, 4) is 5.75 Å². The zero-order chi connectivity index (χ0) is 20.8. The molecule has 2 aromatic rings. The number of carbonyl (C=O) groups is 3. The van der Waals surface area contributed by atoms with Gasteiger partial charge in [-0.25, -0.2) is 9.59 Å². The third-order valence-corrected chi connectivity index (χ3v) is 5.92. The number of ether oxygens (including phenoxy) is 3. The molecule has 0 radical (unpaired) electrons. The molecular formula is C20H20BrNO6S. The van der Waals surface area contributed by atoms with Gasteiger partial charge in [-0.3, -0.25) is 4.79 Å². The highest BCUT2D eigenvalue weighted by Gasteiger charge is 2.28. The molecular weight excluding hydrogens is 462 g/mol. The minimum absolute atomic E-state index is 0.257. The molecule has 3 rings (SSSR count). The molecule has 1 aromatic heterocycles. The van der Waals surface area contributed by atoms with Gasteiger partial charge >= 0.3 is 11.9 Å². The number of carbonyl (C=O) groups excluding carboxylic acids is 3. The zero-order valence-corrected chi connectivity index (χ0v) is 18.2. The second-order valence-corrected chi connectivity index (χ2v) is 8.25. The number of hydrogen-bond donors (Lipinski definition) is 1. The van der Waals surface area contributed by atoms with E-state index in [1.165, 1.54) is 11.3 Å². The molecule has 29 heavy (non-hydrogen) atoms. The number of anilines is 1. The van der Waals surface area contributed by atoms with Crippen molar-refractivity contribution < 1.29 is 28.6 Å². The Labute approximate surface area is 180 Å². The number of fused-ring (bicyclic) bond motifs is 1. The Morgan fingerprint density at radius 1 is 1.10 bits per heavy atom. The van der Waals surface area contributed by atoms with Crippen molar-refractivity contribution in [1.82, 2.24) is 0 Å². The first-order valence-electron chi connectivity index (χ1n) is 9.13. The minimum Gasteiger partial charge on any atom is -0.482 e. The van der Waals surface area contributed by atoms with E-state index in [1.54, 1.807) is 31.2 Å². The van der Waals surface area contributed by atoms with Gasteiger partial charge in [0.2, 0.25) is 0 Å². The Morgan fingerprint density at radius 3 is 2.59 bits per heavy atom. The summed E-state index contributed by atoms with van der Waals surface area (Å²) in [6.45, 7) is 1.22. The molecule has 1 N–H and O–H groups in total. The number of esters is 2. The molecule has 7 nitrogen and oxygen atoms in total. The van der Waals surface area contributed by atoms with Gasteiger partial charge in [0.25, 0.3) is 5.91 Å². The number of benzene rings is 1. The van der Waals surface area contributed by atoms with Gasteiger partial charge in [0, 0.05) is 9.35 Å². The highest BCUT2D eigenvalue weighted by molar-refractivity contribution is 9.10. The molecule has 0 fully saturated rings. The molecule has 0 aliphatic heterocycles. The van der Waals surface area contributed by atoms with Gasteiger partial charge < -0.3 is 19.5 Å². The van der Waals surface area contributed by atoms with E-state index in [2.05, 4.69) is 21.2 Å². The number of nitrogens with one attached hydrogen (secondary N) is 1. The molecule has 154 valence electrons. The van der Waals surface area contributed by atoms with E-state index in [9.17, 15) is 14.4 Å². The molecule has 0 unspecified atom stereocenters. The second kappa shape index (κ2) is 9.89. The van der Waals surface area contributed by atoms with E-state index < -0.39 is 24.5 Å². The van der Waals surface area contributed by atoms with Gasteiger partial charge in [-0.15, -0.1) is 11.3 Å². The lowest BCUT2D eigenvalue weighted by atomic mass is 10.1. The summed E-state index contributed by atoms with van der Waals surface area (Å²) in [4.78, 5) is 37.4. The van der Waals surface area contributed by atoms with Gasteiger partial charge in [0.05, 0.1) is 12.2 Å². The van der Waals surface area contributed by atoms with Crippen molar-refractivity contribution in [3.05, 3.63) is 44.7 Å². The maximum absolute atomic E-state index is 12.3. The number of halogens is 1. The molecule has 0 saturated heterocycles. The van der Waals surface area contributed by atoms with E-state index >= 15 is 0 Å². The van der Waals surface area contributed by atoms with Gasteiger partial charge in [0.1, 0.15) is 10.8 Å². The highest BCUT2D eigenvalue weighted by atomic mass is 79.9. The summed E-state index contributed by atoms with van der Waals surface area (Å²) in [5.74, 6) is -1.11. The largest absolute Gasteiger partial charge is 0.482 e. The topological polar surface area (TPSA) is 90.9 Å². The summed E-state index contributed by atoms with van der Waals surface area (Å²) in [5.41, 5.74) is 1.37. The second-order valence-electron chi connectivity index (χ2n) is 6.23. The van der Waals surface area contributed by atoms with Crippen molar-refractivity contribution in [2.75, 3.05) is 25.1 Å². The van der Waals surface area contributed by atoms with Crippen molar-refractivity contribution in [2.45, 2.75) is 26.2 Å². The summed E-state index contributed by atoms with van der Waals surface area (Å²) < 4.78 is 16.3. The summed E-state index contributed by atoms with van der Waals surface area (Å²) >= 11 is 4.68. The van der Waals surface area contributed by atoms with Crippen molar-refractivity contribution in [3.63, 3.8) is 0 Å². The van der Waals surface area contributed by atoms with E-state index in [0.717, 1.165) is 34.2 Å². The van der Waals surface area contributed by atoms with Gasteiger partial charge in [0.15, 0.2) is 13.2 Å². The first-order valence-corrected chi connectivity index (χ1v) is 10.7. The van der Waals surface area contributed by atoms with Crippen LogP contribution in [0, 0.1) is 0 Å². The van der Waals surface area contributed by atoms with Crippen LogP contribution in [0.3, 0.4) is 0 Å². The molecule has 0 atom stereocenters. The van der Waals surface area contributed by atoms with Crippen LogP contribution >= 0.6 is 27.3 Å². The van der Waals surface area contributed by atoms with E-state index in [0.29, 0.717) is 16.3 Å². The average Bonchev–Trinajstić information content (AvgIpc) is 3.26. The summed E-state index contributed by atoms with van der Waals surface area (Å²) in [6, 6.07) is 6.98. The lowest BCUT2D eigenvalue weighted by Gasteiger charge is -2.09. The van der Waals surface area contributed by atoms with Crippen LogP contribution in [-0.4, -0.2) is 37.7 Å². The molecule has 0 spiro atoms. The fourth-order valence-corrected chi connectivity index (χ4v) is 4.49. The average molecular weight is 482 g/mol. The van der Waals surface area contributed by atoms with Crippen molar-refractivity contribution in [2.24, 2.45) is 0 Å². The number of rotatable bonds is 8. The quantitative estimate of drug-likeness (QED) is 0.577. The lowest BCUT2D eigenvalue weighted by molar-refractivity contribution is -0.149. The first kappa shape index (κ1) is 21.3. The molecule has 1 aliphatic carbocycles. The van der Waals surface area contributed by atoms with Gasteiger partial charge in [-0.1, -0.05) is 15.9 Å². The Kier molecular flexibility index (Phi) is 7.27. The fourth-order valence-electron chi connectivity index (χ4n) is 2.94. The number of hydrogen-bond acceptors (Lipinski definition) is 7. The molecule has 1 amide bonds. The maximum atomic E-state index is 12.3. The standard InChI is InChI=1S/C20H20BrNO6S/c1-2-26-20(25)18-14-4-3-5-15(14)29-19(18)22-16(23)10-28-17(24)11-27-13-8-6-12(21)7-9-13/h6-9H,2-5,10-11H2,1H3,(H,22,23). The van der Waals surface area contributed by atoms with E-state index in [1.807, 2.05) is 0 Å². The molecule has 1 aliphatic rings. The van der Waals surface area contributed by atoms with Gasteiger partial charge in [-0.2, -0.15) is 0 Å². The molecule has 0 bridgehead atoms. The first-order chi connectivity index (χ1) is 14.0. The number of aryl methyl sites for hydroxylation is 1. The van der Waals surface area contributed by atoms with Crippen LogP contribution in [0.15, 0.2) is 28.7 Å².